The molecule has 1 N–H and O–H groups in total. The smallest absolute Gasteiger partial charge is 0.336 e. The first-order valence-corrected chi connectivity index (χ1v) is 4.74. The Morgan fingerprint density at radius 3 is 2.71 bits per heavy atom. The van der Waals surface area contributed by atoms with Crippen molar-refractivity contribution in [3.05, 3.63) is 34.6 Å². The first kappa shape index (κ1) is 10.7. The van der Waals surface area contributed by atoms with Crippen molar-refractivity contribution in [1.29, 1.82) is 5.26 Å². The van der Waals surface area contributed by atoms with Gasteiger partial charge in [0.1, 0.15) is 11.9 Å². The molecule has 14 heavy (non-hydrogen) atoms. The molecule has 0 aliphatic carbocycles. The molecule has 0 amide bonds. The maximum atomic E-state index is 13.4. The number of alkyl halides is 1. The second-order valence-corrected chi connectivity index (χ2v) is 3.06. The molecule has 0 atom stereocenters. The van der Waals surface area contributed by atoms with Crippen LogP contribution in [0.5, 0.6) is 0 Å². The Morgan fingerprint density at radius 1 is 1.64 bits per heavy atom. The van der Waals surface area contributed by atoms with Crippen LogP contribution in [-0.2, 0) is 5.33 Å². The number of benzene rings is 1. The van der Waals surface area contributed by atoms with Gasteiger partial charge in [-0.15, -0.1) is 0 Å². The minimum atomic E-state index is -1.21. The van der Waals surface area contributed by atoms with E-state index >= 15 is 0 Å². The molecule has 0 heterocycles. The van der Waals surface area contributed by atoms with Gasteiger partial charge in [0.2, 0.25) is 0 Å². The van der Waals surface area contributed by atoms with Crippen LogP contribution in [0.1, 0.15) is 21.5 Å². The fourth-order valence-corrected chi connectivity index (χ4v) is 1.59. The van der Waals surface area contributed by atoms with Crippen LogP contribution in [-0.4, -0.2) is 11.1 Å². The number of hydrogen-bond donors (Lipinski definition) is 1. The van der Waals surface area contributed by atoms with Crippen molar-refractivity contribution in [3.8, 4) is 6.07 Å². The minimum absolute atomic E-state index is 0.00319. The van der Waals surface area contributed by atoms with Gasteiger partial charge in [0.15, 0.2) is 0 Å². The van der Waals surface area contributed by atoms with Crippen molar-refractivity contribution in [2.75, 3.05) is 0 Å². The number of carbonyl (C=O) groups is 1. The minimum Gasteiger partial charge on any atom is -0.478 e. The topological polar surface area (TPSA) is 61.1 Å². The highest BCUT2D eigenvalue weighted by molar-refractivity contribution is 9.08. The third-order valence-corrected chi connectivity index (χ3v) is 2.29. The average molecular weight is 258 g/mol. The van der Waals surface area contributed by atoms with Crippen LogP contribution in [0.4, 0.5) is 4.39 Å². The van der Waals surface area contributed by atoms with E-state index in [0.717, 1.165) is 6.07 Å². The molecule has 0 spiro atoms. The van der Waals surface area contributed by atoms with E-state index in [9.17, 15) is 9.18 Å². The van der Waals surface area contributed by atoms with Gasteiger partial charge >= 0.3 is 5.97 Å². The second kappa shape index (κ2) is 4.20. The highest BCUT2D eigenvalue weighted by Crippen LogP contribution is 2.20. The molecule has 0 radical (unpaired) electrons. The molecule has 1 aromatic carbocycles. The molecule has 1 rings (SSSR count). The van der Waals surface area contributed by atoms with Crippen molar-refractivity contribution in [1.82, 2.24) is 0 Å². The van der Waals surface area contributed by atoms with Gasteiger partial charge in [0.05, 0.1) is 11.1 Å². The Kier molecular flexibility index (Phi) is 3.20. The molecule has 5 heteroatoms. The Balaban J connectivity index is 3.45. The van der Waals surface area contributed by atoms with Crippen molar-refractivity contribution in [3.63, 3.8) is 0 Å². The SMILES string of the molecule is N#Cc1ccc(C(=O)O)c(CBr)c1F. The number of carboxylic acid groups (broad SMARTS) is 1. The van der Waals surface area contributed by atoms with E-state index in [-0.39, 0.29) is 22.0 Å². The first-order chi connectivity index (χ1) is 6.61. The zero-order valence-corrected chi connectivity index (χ0v) is 8.51. The summed E-state index contributed by atoms with van der Waals surface area (Å²) in [6.45, 7) is 0. The van der Waals surface area contributed by atoms with E-state index in [1.54, 1.807) is 6.07 Å². The number of halogens is 2. The van der Waals surface area contributed by atoms with Crippen molar-refractivity contribution >= 4 is 21.9 Å². The normalized spacial score (nSPS) is 9.50. The lowest BCUT2D eigenvalue weighted by Gasteiger charge is -2.04. The molecule has 0 unspecified atom stereocenters. The molecule has 3 nitrogen and oxygen atoms in total. The largest absolute Gasteiger partial charge is 0.478 e. The number of nitrogens with zero attached hydrogens (tertiary/aromatic N) is 1. The number of hydrogen-bond acceptors (Lipinski definition) is 2. The van der Waals surface area contributed by atoms with Crippen molar-refractivity contribution < 1.29 is 14.3 Å². The Labute approximate surface area is 87.9 Å². The van der Waals surface area contributed by atoms with Gasteiger partial charge < -0.3 is 5.11 Å². The van der Waals surface area contributed by atoms with E-state index in [4.69, 9.17) is 10.4 Å². The van der Waals surface area contributed by atoms with E-state index in [2.05, 4.69) is 15.9 Å². The summed E-state index contributed by atoms with van der Waals surface area (Å²) in [5.74, 6) is -1.98. The molecule has 0 fully saturated rings. The van der Waals surface area contributed by atoms with E-state index in [0.29, 0.717) is 0 Å². The lowest BCUT2D eigenvalue weighted by Crippen LogP contribution is -2.04. The van der Waals surface area contributed by atoms with Crippen LogP contribution >= 0.6 is 15.9 Å². The summed E-state index contributed by atoms with van der Waals surface area (Å²) >= 11 is 2.98. The summed E-state index contributed by atoms with van der Waals surface area (Å²) in [7, 11) is 0. The molecule has 0 saturated heterocycles. The van der Waals surface area contributed by atoms with Gasteiger partial charge in [-0.1, -0.05) is 15.9 Å². The van der Waals surface area contributed by atoms with Gasteiger partial charge in [0.25, 0.3) is 0 Å². The summed E-state index contributed by atoms with van der Waals surface area (Å²) in [4.78, 5) is 10.7. The predicted octanol–water partition coefficient (Wildman–Crippen LogP) is 2.29. The molecule has 0 aromatic heterocycles. The van der Waals surface area contributed by atoms with Gasteiger partial charge in [-0.3, -0.25) is 0 Å². The molecular weight excluding hydrogens is 253 g/mol. The molecule has 0 aliphatic heterocycles. The lowest BCUT2D eigenvalue weighted by atomic mass is 10.0. The lowest BCUT2D eigenvalue weighted by molar-refractivity contribution is 0.0695. The summed E-state index contributed by atoms with van der Waals surface area (Å²) in [5.41, 5.74) is -0.278. The van der Waals surface area contributed by atoms with Crippen molar-refractivity contribution in [2.24, 2.45) is 0 Å². The van der Waals surface area contributed by atoms with Gasteiger partial charge in [-0.25, -0.2) is 9.18 Å². The standard InChI is InChI=1S/C9H5BrFNO2/c10-3-7-6(9(13)14)2-1-5(4-12)8(7)11/h1-2H,3H2,(H,13,14). The summed E-state index contributed by atoms with van der Waals surface area (Å²) in [6, 6.07) is 4.03. The quantitative estimate of drug-likeness (QED) is 0.828. The fraction of sp³-hybridized carbons (Fsp3) is 0.111. The third kappa shape index (κ3) is 1.75. The molecule has 0 aliphatic rings. The van der Waals surface area contributed by atoms with Crippen LogP contribution in [0.3, 0.4) is 0 Å². The second-order valence-electron chi connectivity index (χ2n) is 2.50. The Hall–Kier alpha value is -1.41. The van der Waals surface area contributed by atoms with E-state index in [1.165, 1.54) is 6.07 Å². The van der Waals surface area contributed by atoms with Crippen molar-refractivity contribution in [2.45, 2.75) is 5.33 Å². The highest BCUT2D eigenvalue weighted by atomic mass is 79.9. The number of rotatable bonds is 2. The molecule has 0 bridgehead atoms. The molecular formula is C9H5BrFNO2. The maximum absolute atomic E-state index is 13.4. The molecule has 0 saturated carbocycles. The Bertz CT molecular complexity index is 426. The monoisotopic (exact) mass is 257 g/mol. The van der Waals surface area contributed by atoms with Crippen LogP contribution in [0.15, 0.2) is 12.1 Å². The molecule has 72 valence electrons. The highest BCUT2D eigenvalue weighted by Gasteiger charge is 2.16. The summed E-state index contributed by atoms with van der Waals surface area (Å²) < 4.78 is 13.4. The van der Waals surface area contributed by atoms with Gasteiger partial charge in [0, 0.05) is 10.9 Å². The zero-order chi connectivity index (χ0) is 10.7. The Morgan fingerprint density at radius 2 is 2.29 bits per heavy atom. The fourth-order valence-electron chi connectivity index (χ4n) is 1.04. The first-order valence-electron chi connectivity index (χ1n) is 3.62. The zero-order valence-electron chi connectivity index (χ0n) is 6.92. The molecule has 1 aromatic rings. The number of carboxylic acids is 1. The summed E-state index contributed by atoms with van der Waals surface area (Å²) in [5, 5.41) is 17.3. The summed E-state index contributed by atoms with van der Waals surface area (Å²) in [6.07, 6.45) is 0. The van der Waals surface area contributed by atoms with E-state index in [1.807, 2.05) is 0 Å². The van der Waals surface area contributed by atoms with Crippen LogP contribution in [0.2, 0.25) is 0 Å². The van der Waals surface area contributed by atoms with Crippen LogP contribution < -0.4 is 0 Å². The van der Waals surface area contributed by atoms with Crippen LogP contribution in [0, 0.1) is 17.1 Å². The van der Waals surface area contributed by atoms with Gasteiger partial charge in [-0.2, -0.15) is 5.26 Å². The average Bonchev–Trinajstić information content (AvgIpc) is 2.17. The number of nitriles is 1. The van der Waals surface area contributed by atoms with Gasteiger partial charge in [-0.05, 0) is 12.1 Å². The van der Waals surface area contributed by atoms with E-state index < -0.39 is 11.8 Å². The van der Waals surface area contributed by atoms with Crippen LogP contribution in [0.25, 0.3) is 0 Å². The maximum Gasteiger partial charge on any atom is 0.336 e. The third-order valence-electron chi connectivity index (χ3n) is 1.73. The predicted molar refractivity (Wildman–Crippen MR) is 50.7 cm³/mol. The number of aromatic carboxylic acids is 1.